The molecule has 2 amide bonds. The van der Waals surface area contributed by atoms with Gasteiger partial charge in [0.25, 0.3) is 0 Å². The van der Waals surface area contributed by atoms with Crippen molar-refractivity contribution in [3.05, 3.63) is 89.2 Å². The lowest BCUT2D eigenvalue weighted by atomic mass is 10.1. The Hall–Kier alpha value is -3.60. The molecule has 30 heavy (non-hydrogen) atoms. The number of anilines is 2. The van der Waals surface area contributed by atoms with Gasteiger partial charge < -0.3 is 15.2 Å². The SMILES string of the molecule is Cc1ccc(NC(=O)Nc2ccc(CCc3nc4ccccc4n3C)cc2)cc1C. The summed E-state index contributed by atoms with van der Waals surface area (Å²) in [7, 11) is 2.06. The molecule has 4 rings (SSSR count). The van der Waals surface area contributed by atoms with Gasteiger partial charge in [0.2, 0.25) is 0 Å². The smallest absolute Gasteiger partial charge is 0.323 e. The second-order valence-electron chi connectivity index (χ2n) is 7.65. The summed E-state index contributed by atoms with van der Waals surface area (Å²) >= 11 is 0. The summed E-state index contributed by atoms with van der Waals surface area (Å²) in [5.74, 6) is 1.08. The molecule has 2 N–H and O–H groups in total. The van der Waals surface area contributed by atoms with E-state index in [4.69, 9.17) is 4.98 Å². The number of aromatic nitrogens is 2. The molecule has 1 aromatic heterocycles. The molecule has 3 aromatic carbocycles. The van der Waals surface area contributed by atoms with Crippen molar-refractivity contribution in [1.82, 2.24) is 9.55 Å². The highest BCUT2D eigenvalue weighted by Gasteiger charge is 2.08. The summed E-state index contributed by atoms with van der Waals surface area (Å²) in [5.41, 5.74) is 7.30. The number of rotatable bonds is 5. The number of carbonyl (C=O) groups excluding carboxylic acids is 1. The summed E-state index contributed by atoms with van der Waals surface area (Å²) in [4.78, 5) is 17.0. The van der Waals surface area contributed by atoms with Crippen LogP contribution in [-0.4, -0.2) is 15.6 Å². The normalized spacial score (nSPS) is 10.9. The van der Waals surface area contributed by atoms with E-state index in [9.17, 15) is 4.79 Å². The maximum absolute atomic E-state index is 12.3. The maximum Gasteiger partial charge on any atom is 0.323 e. The zero-order chi connectivity index (χ0) is 21.1. The molecule has 5 heteroatoms. The minimum atomic E-state index is -0.245. The first-order chi connectivity index (χ1) is 14.5. The van der Waals surface area contributed by atoms with Crippen molar-refractivity contribution in [2.45, 2.75) is 26.7 Å². The minimum absolute atomic E-state index is 0.245. The van der Waals surface area contributed by atoms with E-state index in [1.807, 2.05) is 67.6 Å². The average molecular weight is 399 g/mol. The molecular weight excluding hydrogens is 372 g/mol. The molecule has 5 nitrogen and oxygen atoms in total. The fourth-order valence-electron chi connectivity index (χ4n) is 3.54. The topological polar surface area (TPSA) is 59.0 Å². The molecule has 0 bridgehead atoms. The lowest BCUT2D eigenvalue weighted by Crippen LogP contribution is -2.19. The van der Waals surface area contributed by atoms with Gasteiger partial charge in [-0.15, -0.1) is 0 Å². The fraction of sp³-hybridized carbons (Fsp3) is 0.200. The second-order valence-corrected chi connectivity index (χ2v) is 7.65. The Balaban J connectivity index is 1.34. The van der Waals surface area contributed by atoms with E-state index >= 15 is 0 Å². The van der Waals surface area contributed by atoms with Crippen LogP contribution in [0.4, 0.5) is 16.2 Å². The van der Waals surface area contributed by atoms with Gasteiger partial charge in [0.1, 0.15) is 5.82 Å². The molecule has 152 valence electrons. The first-order valence-corrected chi connectivity index (χ1v) is 10.1. The van der Waals surface area contributed by atoms with Gasteiger partial charge >= 0.3 is 6.03 Å². The van der Waals surface area contributed by atoms with Crippen LogP contribution in [0.25, 0.3) is 11.0 Å². The van der Waals surface area contributed by atoms with E-state index < -0.39 is 0 Å². The van der Waals surface area contributed by atoms with Crippen molar-refractivity contribution in [3.8, 4) is 0 Å². The monoisotopic (exact) mass is 398 g/mol. The predicted octanol–water partition coefficient (Wildman–Crippen LogP) is 5.62. The highest BCUT2D eigenvalue weighted by molar-refractivity contribution is 5.99. The number of hydrogen-bond donors (Lipinski definition) is 2. The number of para-hydroxylation sites is 2. The number of nitrogens with one attached hydrogen (secondary N) is 2. The summed E-state index contributed by atoms with van der Waals surface area (Å²) in [6.45, 7) is 4.08. The molecule has 0 saturated heterocycles. The van der Waals surface area contributed by atoms with Gasteiger partial charge in [-0.3, -0.25) is 0 Å². The van der Waals surface area contributed by atoms with Crippen molar-refractivity contribution in [2.24, 2.45) is 7.05 Å². The van der Waals surface area contributed by atoms with Gasteiger partial charge in [-0.25, -0.2) is 9.78 Å². The molecule has 4 aromatic rings. The quantitative estimate of drug-likeness (QED) is 0.458. The number of carbonyl (C=O) groups is 1. The van der Waals surface area contributed by atoms with Crippen molar-refractivity contribution in [3.63, 3.8) is 0 Å². The van der Waals surface area contributed by atoms with E-state index in [0.717, 1.165) is 46.6 Å². The number of hydrogen-bond acceptors (Lipinski definition) is 2. The zero-order valence-corrected chi connectivity index (χ0v) is 17.6. The number of aryl methyl sites for hydroxylation is 5. The third kappa shape index (κ3) is 4.35. The molecule has 0 aliphatic carbocycles. The van der Waals surface area contributed by atoms with Crippen LogP contribution in [-0.2, 0) is 19.9 Å². The van der Waals surface area contributed by atoms with Gasteiger partial charge in [0.05, 0.1) is 11.0 Å². The Morgan fingerprint density at radius 1 is 0.867 bits per heavy atom. The van der Waals surface area contributed by atoms with Crippen LogP contribution < -0.4 is 10.6 Å². The highest BCUT2D eigenvalue weighted by atomic mass is 16.2. The Kier molecular flexibility index (Phi) is 5.53. The maximum atomic E-state index is 12.3. The zero-order valence-electron chi connectivity index (χ0n) is 17.6. The Bertz CT molecular complexity index is 1190. The number of urea groups is 1. The minimum Gasteiger partial charge on any atom is -0.331 e. The molecule has 0 unspecified atom stereocenters. The molecule has 0 fully saturated rings. The van der Waals surface area contributed by atoms with Crippen LogP contribution in [0.3, 0.4) is 0 Å². The largest absolute Gasteiger partial charge is 0.331 e. The predicted molar refractivity (Wildman–Crippen MR) is 123 cm³/mol. The van der Waals surface area contributed by atoms with Gasteiger partial charge in [-0.1, -0.05) is 30.3 Å². The third-order valence-corrected chi connectivity index (χ3v) is 5.49. The summed E-state index contributed by atoms with van der Waals surface area (Å²) < 4.78 is 2.16. The van der Waals surface area contributed by atoms with Crippen LogP contribution in [0.15, 0.2) is 66.7 Å². The molecular formula is C25H26N4O. The number of fused-ring (bicyclic) bond motifs is 1. The molecule has 0 spiro atoms. The Morgan fingerprint density at radius 3 is 2.30 bits per heavy atom. The summed E-state index contributed by atoms with van der Waals surface area (Å²) in [5, 5.41) is 5.76. The van der Waals surface area contributed by atoms with Gasteiger partial charge in [0.15, 0.2) is 0 Å². The van der Waals surface area contributed by atoms with Crippen LogP contribution in [0.5, 0.6) is 0 Å². The number of benzene rings is 3. The Morgan fingerprint density at radius 2 is 1.57 bits per heavy atom. The second kappa shape index (κ2) is 8.41. The van der Waals surface area contributed by atoms with Crippen molar-refractivity contribution >= 4 is 28.4 Å². The lowest BCUT2D eigenvalue weighted by Gasteiger charge is -2.10. The van der Waals surface area contributed by atoms with E-state index in [1.54, 1.807) is 0 Å². The van der Waals surface area contributed by atoms with Crippen molar-refractivity contribution in [1.29, 1.82) is 0 Å². The van der Waals surface area contributed by atoms with Crippen LogP contribution in [0.2, 0.25) is 0 Å². The van der Waals surface area contributed by atoms with E-state index in [1.165, 1.54) is 11.1 Å². The molecule has 0 radical (unpaired) electrons. The van der Waals surface area contributed by atoms with Crippen molar-refractivity contribution in [2.75, 3.05) is 10.6 Å². The van der Waals surface area contributed by atoms with Gasteiger partial charge in [-0.05, 0) is 73.4 Å². The molecule has 0 saturated carbocycles. The fourth-order valence-corrected chi connectivity index (χ4v) is 3.54. The van der Waals surface area contributed by atoms with Crippen LogP contribution in [0.1, 0.15) is 22.5 Å². The molecule has 0 atom stereocenters. The highest BCUT2D eigenvalue weighted by Crippen LogP contribution is 2.18. The van der Waals surface area contributed by atoms with Gasteiger partial charge in [0, 0.05) is 24.8 Å². The number of amides is 2. The molecule has 0 aliphatic rings. The van der Waals surface area contributed by atoms with Crippen LogP contribution in [0, 0.1) is 13.8 Å². The standard InChI is InChI=1S/C25H26N4O/c1-17-8-12-21(16-18(17)2)27-25(30)26-20-13-9-19(10-14-20)11-15-24-28-22-6-4-5-7-23(22)29(24)3/h4-10,12-14,16H,11,15H2,1-3H3,(H2,26,27,30). The van der Waals surface area contributed by atoms with E-state index in [2.05, 4.69) is 35.2 Å². The summed E-state index contributed by atoms with van der Waals surface area (Å²) in [6.07, 6.45) is 1.76. The van der Waals surface area contributed by atoms with Crippen LogP contribution >= 0.6 is 0 Å². The first kappa shape index (κ1) is 19.7. The average Bonchev–Trinajstić information content (AvgIpc) is 3.06. The third-order valence-electron chi connectivity index (χ3n) is 5.49. The summed E-state index contributed by atoms with van der Waals surface area (Å²) in [6, 6.07) is 21.8. The van der Waals surface area contributed by atoms with E-state index in [-0.39, 0.29) is 6.03 Å². The first-order valence-electron chi connectivity index (χ1n) is 10.1. The number of imidazole rings is 1. The Labute approximate surface area is 176 Å². The van der Waals surface area contributed by atoms with E-state index in [0.29, 0.717) is 0 Å². The molecule has 0 aliphatic heterocycles. The number of nitrogens with zero attached hydrogens (tertiary/aromatic N) is 2. The molecule has 1 heterocycles. The van der Waals surface area contributed by atoms with Crippen molar-refractivity contribution < 1.29 is 4.79 Å². The van der Waals surface area contributed by atoms with Gasteiger partial charge in [-0.2, -0.15) is 0 Å². The lowest BCUT2D eigenvalue weighted by molar-refractivity contribution is 0.262.